The fraction of sp³-hybridized carbons (Fsp3) is 0.615. The highest BCUT2D eigenvalue weighted by Gasteiger charge is 2.19. The second-order valence-corrected chi connectivity index (χ2v) is 6.15. The summed E-state index contributed by atoms with van der Waals surface area (Å²) in [4.78, 5) is 8.86. The van der Waals surface area contributed by atoms with Gasteiger partial charge in [0.2, 0.25) is 5.13 Å². The highest BCUT2D eigenvalue weighted by molar-refractivity contribution is 7.09. The molecule has 0 radical (unpaired) electrons. The van der Waals surface area contributed by atoms with Gasteiger partial charge in [-0.25, -0.2) is 9.97 Å². The standard InChI is InChI=1S/C13H19N5S/c1-9(2)12-16-13(19-17-12)15-7-10-3-4-11-14-5-6-18(11)8-10/h5-6,9-10H,3-4,7-8H2,1-2H3,(H,15,16,17)/t10-/m0/s1. The van der Waals surface area contributed by atoms with Crippen LogP contribution in [-0.2, 0) is 13.0 Å². The SMILES string of the molecule is CC(C)c1nsc(NC[C@@H]2CCc3nccn3C2)n1. The van der Waals surface area contributed by atoms with Crippen LogP contribution in [0.4, 0.5) is 5.13 Å². The van der Waals surface area contributed by atoms with Crippen molar-refractivity contribution < 1.29 is 0 Å². The Bertz CT molecular complexity index is 545. The molecule has 0 aliphatic carbocycles. The predicted octanol–water partition coefficient (Wildman–Crippen LogP) is 2.53. The van der Waals surface area contributed by atoms with Crippen LogP contribution >= 0.6 is 11.5 Å². The van der Waals surface area contributed by atoms with Crippen LogP contribution in [0, 0.1) is 5.92 Å². The van der Waals surface area contributed by atoms with Gasteiger partial charge in [0, 0.05) is 49.4 Å². The molecule has 2 aromatic rings. The summed E-state index contributed by atoms with van der Waals surface area (Å²) in [7, 11) is 0. The van der Waals surface area contributed by atoms with Gasteiger partial charge in [0.15, 0.2) is 0 Å². The average Bonchev–Trinajstić information content (AvgIpc) is 3.04. The van der Waals surface area contributed by atoms with Crippen LogP contribution < -0.4 is 5.32 Å². The molecule has 3 heterocycles. The number of nitrogens with one attached hydrogen (secondary N) is 1. The second kappa shape index (κ2) is 5.28. The van der Waals surface area contributed by atoms with Gasteiger partial charge >= 0.3 is 0 Å². The van der Waals surface area contributed by atoms with E-state index in [1.165, 1.54) is 23.8 Å². The lowest BCUT2D eigenvalue weighted by atomic mass is 9.99. The predicted molar refractivity (Wildman–Crippen MR) is 76.5 cm³/mol. The molecule has 0 aromatic carbocycles. The van der Waals surface area contributed by atoms with Gasteiger partial charge in [-0.1, -0.05) is 13.8 Å². The molecule has 102 valence electrons. The Kier molecular flexibility index (Phi) is 3.50. The molecule has 0 bridgehead atoms. The Labute approximate surface area is 117 Å². The largest absolute Gasteiger partial charge is 0.360 e. The van der Waals surface area contributed by atoms with Crippen molar-refractivity contribution in [2.75, 3.05) is 11.9 Å². The van der Waals surface area contributed by atoms with E-state index < -0.39 is 0 Å². The van der Waals surface area contributed by atoms with E-state index in [4.69, 9.17) is 0 Å². The van der Waals surface area contributed by atoms with Gasteiger partial charge in [0.25, 0.3) is 0 Å². The van der Waals surface area contributed by atoms with E-state index in [1.807, 2.05) is 6.20 Å². The van der Waals surface area contributed by atoms with Crippen LogP contribution in [0.3, 0.4) is 0 Å². The number of anilines is 1. The molecular formula is C13H19N5S. The van der Waals surface area contributed by atoms with E-state index in [9.17, 15) is 0 Å². The lowest BCUT2D eigenvalue weighted by molar-refractivity contribution is 0.381. The first kappa shape index (κ1) is 12.6. The molecular weight excluding hydrogens is 258 g/mol. The number of fused-ring (bicyclic) bond motifs is 1. The topological polar surface area (TPSA) is 55.6 Å². The van der Waals surface area contributed by atoms with E-state index in [1.54, 1.807) is 0 Å². The van der Waals surface area contributed by atoms with Gasteiger partial charge in [0.1, 0.15) is 11.6 Å². The smallest absolute Gasteiger partial charge is 0.202 e. The van der Waals surface area contributed by atoms with Crippen molar-refractivity contribution in [3.05, 3.63) is 24.0 Å². The number of aromatic nitrogens is 4. The first-order valence-electron chi connectivity index (χ1n) is 6.80. The lowest BCUT2D eigenvalue weighted by Gasteiger charge is -2.23. The maximum Gasteiger partial charge on any atom is 0.202 e. The van der Waals surface area contributed by atoms with Crippen LogP contribution in [0.25, 0.3) is 0 Å². The molecule has 1 aliphatic rings. The zero-order valence-electron chi connectivity index (χ0n) is 11.3. The number of rotatable bonds is 4. The average molecular weight is 277 g/mol. The number of aryl methyl sites for hydroxylation is 1. The number of hydrogen-bond donors (Lipinski definition) is 1. The molecule has 3 rings (SSSR count). The van der Waals surface area contributed by atoms with Crippen molar-refractivity contribution in [1.82, 2.24) is 18.9 Å². The van der Waals surface area contributed by atoms with Gasteiger partial charge < -0.3 is 9.88 Å². The van der Waals surface area contributed by atoms with Crippen molar-refractivity contribution in [3.8, 4) is 0 Å². The molecule has 0 fully saturated rings. The van der Waals surface area contributed by atoms with Gasteiger partial charge in [-0.2, -0.15) is 4.37 Å². The van der Waals surface area contributed by atoms with E-state index in [-0.39, 0.29) is 0 Å². The Morgan fingerprint density at radius 3 is 3.21 bits per heavy atom. The van der Waals surface area contributed by atoms with Gasteiger partial charge in [-0.05, 0) is 12.3 Å². The monoisotopic (exact) mass is 277 g/mol. The van der Waals surface area contributed by atoms with Crippen LogP contribution in [0.5, 0.6) is 0 Å². The fourth-order valence-electron chi connectivity index (χ4n) is 2.38. The molecule has 1 N–H and O–H groups in total. The van der Waals surface area contributed by atoms with Crippen LogP contribution in [-0.4, -0.2) is 25.5 Å². The third kappa shape index (κ3) is 2.78. The van der Waals surface area contributed by atoms with Crippen molar-refractivity contribution in [2.24, 2.45) is 5.92 Å². The summed E-state index contributed by atoms with van der Waals surface area (Å²) in [5, 5.41) is 4.37. The third-order valence-corrected chi connectivity index (χ3v) is 4.22. The molecule has 1 atom stereocenters. The zero-order chi connectivity index (χ0) is 13.2. The Balaban J connectivity index is 1.55. The van der Waals surface area contributed by atoms with Crippen LogP contribution in [0.2, 0.25) is 0 Å². The molecule has 5 nitrogen and oxygen atoms in total. The fourth-order valence-corrected chi connectivity index (χ4v) is 3.09. The van der Waals surface area contributed by atoms with Crippen LogP contribution in [0.1, 0.15) is 37.8 Å². The molecule has 2 aromatic heterocycles. The highest BCUT2D eigenvalue weighted by atomic mass is 32.1. The van der Waals surface area contributed by atoms with E-state index in [2.05, 4.69) is 44.3 Å². The Morgan fingerprint density at radius 2 is 2.42 bits per heavy atom. The normalized spacial score (nSPS) is 18.6. The van der Waals surface area contributed by atoms with Crippen molar-refractivity contribution >= 4 is 16.7 Å². The van der Waals surface area contributed by atoms with Gasteiger partial charge in [-0.3, -0.25) is 0 Å². The minimum Gasteiger partial charge on any atom is -0.360 e. The Morgan fingerprint density at radius 1 is 1.53 bits per heavy atom. The van der Waals surface area contributed by atoms with Crippen molar-refractivity contribution in [2.45, 2.75) is 39.2 Å². The first-order chi connectivity index (χ1) is 9.22. The van der Waals surface area contributed by atoms with Crippen LogP contribution in [0.15, 0.2) is 12.4 Å². The molecule has 6 heteroatoms. The molecule has 19 heavy (non-hydrogen) atoms. The minimum atomic E-state index is 0.398. The third-order valence-electron chi connectivity index (χ3n) is 3.53. The summed E-state index contributed by atoms with van der Waals surface area (Å²) < 4.78 is 6.62. The minimum absolute atomic E-state index is 0.398. The van der Waals surface area contributed by atoms with E-state index in [0.29, 0.717) is 11.8 Å². The van der Waals surface area contributed by atoms with Crippen molar-refractivity contribution in [3.63, 3.8) is 0 Å². The van der Waals surface area contributed by atoms with E-state index >= 15 is 0 Å². The number of imidazole rings is 1. The highest BCUT2D eigenvalue weighted by Crippen LogP contribution is 2.21. The molecule has 0 spiro atoms. The summed E-state index contributed by atoms with van der Waals surface area (Å²) in [6, 6.07) is 0. The molecule has 0 unspecified atom stereocenters. The summed E-state index contributed by atoms with van der Waals surface area (Å²) in [6.45, 7) is 6.25. The van der Waals surface area contributed by atoms with Gasteiger partial charge in [-0.15, -0.1) is 0 Å². The molecule has 1 aliphatic heterocycles. The number of hydrogen-bond acceptors (Lipinski definition) is 5. The quantitative estimate of drug-likeness (QED) is 0.933. The summed E-state index contributed by atoms with van der Waals surface area (Å²) >= 11 is 1.46. The summed E-state index contributed by atoms with van der Waals surface area (Å²) in [6.07, 6.45) is 6.24. The Hall–Kier alpha value is -1.43. The summed E-state index contributed by atoms with van der Waals surface area (Å²) in [5.41, 5.74) is 0. The van der Waals surface area contributed by atoms with Crippen molar-refractivity contribution in [1.29, 1.82) is 0 Å². The lowest BCUT2D eigenvalue weighted by Crippen LogP contribution is -2.25. The second-order valence-electron chi connectivity index (χ2n) is 5.39. The van der Waals surface area contributed by atoms with Gasteiger partial charge in [0.05, 0.1) is 0 Å². The zero-order valence-corrected chi connectivity index (χ0v) is 12.2. The molecule has 0 saturated carbocycles. The molecule has 0 amide bonds. The first-order valence-corrected chi connectivity index (χ1v) is 7.57. The maximum atomic E-state index is 4.51. The van der Waals surface area contributed by atoms with E-state index in [0.717, 1.165) is 30.5 Å². The maximum absolute atomic E-state index is 4.51. The molecule has 0 saturated heterocycles. The number of nitrogens with zero attached hydrogens (tertiary/aromatic N) is 4. The summed E-state index contributed by atoms with van der Waals surface area (Å²) in [5.74, 6) is 3.20.